The molecule has 1 aliphatic heterocycles. The zero-order valence-corrected chi connectivity index (χ0v) is 11.5. The summed E-state index contributed by atoms with van der Waals surface area (Å²) in [7, 11) is 0. The second kappa shape index (κ2) is 5.19. The number of rotatable bonds is 2. The van der Waals surface area contributed by atoms with Crippen LogP contribution in [0.5, 0.6) is 0 Å². The first-order chi connectivity index (χ1) is 8.13. The highest BCUT2D eigenvalue weighted by atomic mass is 79.9. The van der Waals surface area contributed by atoms with Gasteiger partial charge in [0.1, 0.15) is 0 Å². The fourth-order valence-electron chi connectivity index (χ4n) is 2.24. The van der Waals surface area contributed by atoms with Crippen LogP contribution >= 0.6 is 15.9 Å². The van der Waals surface area contributed by atoms with Crippen molar-refractivity contribution >= 4 is 27.5 Å². The van der Waals surface area contributed by atoms with E-state index in [1.165, 1.54) is 5.56 Å². The van der Waals surface area contributed by atoms with E-state index >= 15 is 0 Å². The van der Waals surface area contributed by atoms with Crippen molar-refractivity contribution in [2.45, 2.75) is 32.2 Å². The van der Waals surface area contributed by atoms with Crippen molar-refractivity contribution in [2.75, 3.05) is 11.4 Å². The third-order valence-corrected chi connectivity index (χ3v) is 3.69. The maximum Gasteiger partial charge on any atom is 0.243 e. The van der Waals surface area contributed by atoms with E-state index in [1.54, 1.807) is 0 Å². The van der Waals surface area contributed by atoms with Gasteiger partial charge in [-0.3, -0.25) is 4.79 Å². The summed E-state index contributed by atoms with van der Waals surface area (Å²) >= 11 is 3.46. The van der Waals surface area contributed by atoms with Crippen LogP contribution in [0.15, 0.2) is 22.7 Å². The molecule has 1 aliphatic rings. The van der Waals surface area contributed by atoms with Crippen molar-refractivity contribution < 1.29 is 4.79 Å². The highest BCUT2D eigenvalue weighted by Crippen LogP contribution is 2.27. The van der Waals surface area contributed by atoms with Crippen LogP contribution in [0.25, 0.3) is 0 Å². The van der Waals surface area contributed by atoms with Gasteiger partial charge in [-0.2, -0.15) is 0 Å². The third kappa shape index (κ3) is 2.53. The van der Waals surface area contributed by atoms with Crippen LogP contribution in [0, 0.1) is 0 Å². The number of aryl methyl sites for hydroxylation is 1. The normalized spacial score (nSPS) is 20.8. The molecule has 1 unspecified atom stereocenters. The highest BCUT2D eigenvalue weighted by molar-refractivity contribution is 9.10. The summed E-state index contributed by atoms with van der Waals surface area (Å²) in [4.78, 5) is 13.9. The van der Waals surface area contributed by atoms with Gasteiger partial charge in [-0.05, 0) is 43.0 Å². The van der Waals surface area contributed by atoms with E-state index < -0.39 is 0 Å². The van der Waals surface area contributed by atoms with E-state index in [2.05, 4.69) is 28.9 Å². The molecule has 1 amide bonds. The first-order valence-corrected chi connectivity index (χ1v) is 6.78. The lowest BCUT2D eigenvalue weighted by Crippen LogP contribution is -2.48. The number of nitrogens with zero attached hydrogens (tertiary/aromatic N) is 1. The van der Waals surface area contributed by atoms with Gasteiger partial charge < -0.3 is 10.6 Å². The highest BCUT2D eigenvalue weighted by Gasteiger charge is 2.27. The predicted molar refractivity (Wildman–Crippen MR) is 73.1 cm³/mol. The molecule has 1 fully saturated rings. The zero-order valence-electron chi connectivity index (χ0n) is 9.95. The van der Waals surface area contributed by atoms with Gasteiger partial charge >= 0.3 is 0 Å². The van der Waals surface area contributed by atoms with E-state index in [1.807, 2.05) is 17.0 Å². The van der Waals surface area contributed by atoms with Crippen molar-refractivity contribution in [2.24, 2.45) is 5.73 Å². The number of benzene rings is 1. The standard InChI is InChI=1S/C13H17BrN2O/c1-2-9-8-10(14)5-6-12(9)16-7-3-4-11(15)13(16)17/h5-6,8,11H,2-4,7,15H2,1H3. The fourth-order valence-corrected chi connectivity index (χ4v) is 2.65. The van der Waals surface area contributed by atoms with Crippen LogP contribution in [-0.2, 0) is 11.2 Å². The quantitative estimate of drug-likeness (QED) is 0.911. The van der Waals surface area contributed by atoms with Crippen LogP contribution in [0.4, 0.5) is 5.69 Å². The smallest absolute Gasteiger partial charge is 0.243 e. The van der Waals surface area contributed by atoms with Crippen molar-refractivity contribution in [3.8, 4) is 0 Å². The van der Waals surface area contributed by atoms with Crippen LogP contribution in [0.2, 0.25) is 0 Å². The molecule has 0 bridgehead atoms. The lowest BCUT2D eigenvalue weighted by molar-refractivity contribution is -0.120. The Balaban J connectivity index is 2.35. The molecule has 2 N–H and O–H groups in total. The molecule has 0 spiro atoms. The summed E-state index contributed by atoms with van der Waals surface area (Å²) in [6.07, 6.45) is 2.69. The number of carbonyl (C=O) groups excluding carboxylic acids is 1. The molecule has 17 heavy (non-hydrogen) atoms. The second-order valence-corrected chi connectivity index (χ2v) is 5.28. The van der Waals surface area contributed by atoms with Crippen molar-refractivity contribution in [1.82, 2.24) is 0 Å². The lowest BCUT2D eigenvalue weighted by Gasteiger charge is -2.32. The number of hydrogen-bond donors (Lipinski definition) is 1. The number of carbonyl (C=O) groups is 1. The molecule has 0 aliphatic carbocycles. The van der Waals surface area contributed by atoms with Crippen molar-refractivity contribution in [1.29, 1.82) is 0 Å². The summed E-state index contributed by atoms with van der Waals surface area (Å²) < 4.78 is 1.05. The Hall–Kier alpha value is -0.870. The Morgan fingerprint density at radius 3 is 3.00 bits per heavy atom. The molecular formula is C13H17BrN2O. The van der Waals surface area contributed by atoms with Gasteiger partial charge in [0.15, 0.2) is 0 Å². The van der Waals surface area contributed by atoms with E-state index in [0.29, 0.717) is 0 Å². The van der Waals surface area contributed by atoms with E-state index in [-0.39, 0.29) is 11.9 Å². The predicted octanol–water partition coefficient (Wildman–Crippen LogP) is 2.47. The maximum absolute atomic E-state index is 12.1. The van der Waals surface area contributed by atoms with E-state index in [9.17, 15) is 4.79 Å². The summed E-state index contributed by atoms with van der Waals surface area (Å²) in [6.45, 7) is 2.88. The molecule has 3 nitrogen and oxygen atoms in total. The summed E-state index contributed by atoms with van der Waals surface area (Å²) in [5.74, 6) is 0.0493. The van der Waals surface area contributed by atoms with Gasteiger partial charge in [0, 0.05) is 16.7 Å². The number of piperidine rings is 1. The molecule has 0 saturated carbocycles. The number of hydrogen-bond acceptors (Lipinski definition) is 2. The topological polar surface area (TPSA) is 46.3 Å². The third-order valence-electron chi connectivity index (χ3n) is 3.19. The number of nitrogens with two attached hydrogens (primary N) is 1. The van der Waals surface area contributed by atoms with Gasteiger partial charge in [-0.25, -0.2) is 0 Å². The fraction of sp³-hybridized carbons (Fsp3) is 0.462. The second-order valence-electron chi connectivity index (χ2n) is 4.37. The minimum absolute atomic E-state index is 0.0493. The molecule has 0 radical (unpaired) electrons. The Morgan fingerprint density at radius 2 is 2.29 bits per heavy atom. The number of amides is 1. The molecule has 1 aromatic rings. The van der Waals surface area contributed by atoms with Gasteiger partial charge in [0.05, 0.1) is 6.04 Å². The van der Waals surface area contributed by atoms with Crippen LogP contribution in [0.1, 0.15) is 25.3 Å². The summed E-state index contributed by atoms with van der Waals surface area (Å²) in [6, 6.07) is 5.71. The number of anilines is 1. The first kappa shape index (κ1) is 12.6. The van der Waals surface area contributed by atoms with Gasteiger partial charge in [-0.1, -0.05) is 22.9 Å². The summed E-state index contributed by atoms with van der Waals surface area (Å²) in [5, 5.41) is 0. The molecule has 1 atom stereocenters. The van der Waals surface area contributed by atoms with Crippen LogP contribution in [0.3, 0.4) is 0 Å². The largest absolute Gasteiger partial charge is 0.320 e. The molecular weight excluding hydrogens is 280 g/mol. The monoisotopic (exact) mass is 296 g/mol. The molecule has 1 aromatic carbocycles. The van der Waals surface area contributed by atoms with E-state index in [4.69, 9.17) is 5.73 Å². The van der Waals surface area contributed by atoms with Crippen molar-refractivity contribution in [3.05, 3.63) is 28.2 Å². The van der Waals surface area contributed by atoms with E-state index in [0.717, 1.165) is 36.0 Å². The molecule has 1 saturated heterocycles. The SMILES string of the molecule is CCc1cc(Br)ccc1N1CCCC(N)C1=O. The minimum Gasteiger partial charge on any atom is -0.320 e. The summed E-state index contributed by atoms with van der Waals surface area (Å²) in [5.41, 5.74) is 8.02. The van der Waals surface area contributed by atoms with Crippen LogP contribution < -0.4 is 10.6 Å². The molecule has 0 aromatic heterocycles. The van der Waals surface area contributed by atoms with Crippen molar-refractivity contribution in [3.63, 3.8) is 0 Å². The maximum atomic E-state index is 12.1. The van der Waals surface area contributed by atoms with Gasteiger partial charge in [0.25, 0.3) is 0 Å². The Bertz CT molecular complexity index is 433. The van der Waals surface area contributed by atoms with Gasteiger partial charge in [0.2, 0.25) is 5.91 Å². The van der Waals surface area contributed by atoms with Gasteiger partial charge in [-0.15, -0.1) is 0 Å². The molecule has 1 heterocycles. The number of halogens is 1. The Labute approximate surface area is 110 Å². The average Bonchev–Trinajstić information content (AvgIpc) is 2.33. The molecule has 92 valence electrons. The first-order valence-electron chi connectivity index (χ1n) is 5.99. The molecule has 4 heteroatoms. The lowest BCUT2D eigenvalue weighted by atomic mass is 10.0. The average molecular weight is 297 g/mol. The zero-order chi connectivity index (χ0) is 12.4. The van der Waals surface area contributed by atoms with Crippen LogP contribution in [-0.4, -0.2) is 18.5 Å². The Morgan fingerprint density at radius 1 is 1.53 bits per heavy atom. The molecule has 2 rings (SSSR count). The minimum atomic E-state index is -0.336. The Kier molecular flexibility index (Phi) is 3.84.